The number of allylic oxidation sites excluding steroid dienone is 2. The van der Waals surface area contributed by atoms with E-state index in [1.54, 1.807) is 4.68 Å². The molecule has 21 heavy (non-hydrogen) atoms. The molecule has 0 aromatic carbocycles. The Kier molecular flexibility index (Phi) is 4.68. The first-order chi connectivity index (χ1) is 9.93. The van der Waals surface area contributed by atoms with Gasteiger partial charge in [-0.15, -0.1) is 0 Å². The zero-order valence-corrected chi connectivity index (χ0v) is 13.2. The third-order valence-electron chi connectivity index (χ3n) is 4.17. The first kappa shape index (κ1) is 15.6. The van der Waals surface area contributed by atoms with Crippen molar-refractivity contribution >= 4 is 19.1 Å². The van der Waals surface area contributed by atoms with Gasteiger partial charge in [0.15, 0.2) is 12.8 Å². The second-order valence-electron chi connectivity index (χ2n) is 6.03. The average Bonchev–Trinajstić information content (AvgIpc) is 2.88. The molecule has 0 radical (unpaired) electrons. The molecule has 4 nitrogen and oxygen atoms in total. The molecular formula is C17H26N4+2. The van der Waals surface area contributed by atoms with Crippen LogP contribution in [-0.4, -0.2) is 41.0 Å². The summed E-state index contributed by atoms with van der Waals surface area (Å²) in [4.78, 5) is 0. The van der Waals surface area contributed by atoms with E-state index >= 15 is 0 Å². The zero-order valence-electron chi connectivity index (χ0n) is 13.2. The quantitative estimate of drug-likeness (QED) is 0.470. The maximum absolute atomic E-state index is 5.76. The number of hydrazone groups is 1. The smallest absolute Gasteiger partial charge is 0.309 e. The second-order valence-corrected chi connectivity index (χ2v) is 6.03. The molecule has 1 aliphatic heterocycles. The highest BCUT2D eigenvalue weighted by Crippen LogP contribution is 2.25. The number of nitrogens with two attached hydrogens (primary N) is 1. The topological polar surface area (TPSA) is 44.4 Å². The highest BCUT2D eigenvalue weighted by molar-refractivity contribution is 5.97. The lowest BCUT2D eigenvalue weighted by molar-refractivity contribution is -0.543. The summed E-state index contributed by atoms with van der Waals surface area (Å²) < 4.78 is 3.66. The van der Waals surface area contributed by atoms with E-state index in [-0.39, 0.29) is 0 Å². The van der Waals surface area contributed by atoms with Gasteiger partial charge in [0.25, 0.3) is 5.70 Å². The SMILES string of the molecule is C=C(C1=CC(C(C)C)=N[N+]1=C)[N+](=C)C1CCC=C(CN)C1. The molecule has 4 heteroatoms. The van der Waals surface area contributed by atoms with Crippen LogP contribution in [0.25, 0.3) is 0 Å². The first-order valence-corrected chi connectivity index (χ1v) is 7.51. The summed E-state index contributed by atoms with van der Waals surface area (Å²) in [6, 6.07) is 0.346. The lowest BCUT2D eigenvalue weighted by atomic mass is 9.94. The third-order valence-corrected chi connectivity index (χ3v) is 4.17. The molecule has 1 atom stereocenters. The average molecular weight is 286 g/mol. The van der Waals surface area contributed by atoms with Crippen LogP contribution >= 0.6 is 0 Å². The molecule has 2 N–H and O–H groups in total. The first-order valence-electron chi connectivity index (χ1n) is 7.51. The maximum atomic E-state index is 5.76. The molecule has 1 aliphatic carbocycles. The van der Waals surface area contributed by atoms with Crippen LogP contribution in [0.1, 0.15) is 33.1 Å². The van der Waals surface area contributed by atoms with Gasteiger partial charge >= 0.3 is 5.70 Å². The molecule has 1 unspecified atom stereocenters. The van der Waals surface area contributed by atoms with Crippen molar-refractivity contribution in [2.24, 2.45) is 16.8 Å². The van der Waals surface area contributed by atoms with E-state index in [9.17, 15) is 0 Å². The fourth-order valence-electron chi connectivity index (χ4n) is 2.72. The lowest BCUT2D eigenvalue weighted by Gasteiger charge is -2.19. The van der Waals surface area contributed by atoms with Crippen LogP contribution in [-0.2, 0) is 0 Å². The van der Waals surface area contributed by atoms with Crippen LogP contribution in [0.2, 0.25) is 0 Å². The fourth-order valence-corrected chi connectivity index (χ4v) is 2.72. The van der Waals surface area contributed by atoms with Gasteiger partial charge in [-0.1, -0.05) is 30.2 Å². The zero-order chi connectivity index (χ0) is 15.6. The highest BCUT2D eigenvalue weighted by atomic mass is 15.4. The van der Waals surface area contributed by atoms with Gasteiger partial charge in [0.05, 0.1) is 0 Å². The molecule has 0 saturated carbocycles. The summed E-state index contributed by atoms with van der Waals surface area (Å²) in [7, 11) is 0. The van der Waals surface area contributed by atoms with Crippen molar-refractivity contribution in [3.63, 3.8) is 0 Å². The Morgan fingerprint density at radius 1 is 1.57 bits per heavy atom. The van der Waals surface area contributed by atoms with Crippen LogP contribution < -0.4 is 5.73 Å². The van der Waals surface area contributed by atoms with Crippen molar-refractivity contribution in [1.29, 1.82) is 0 Å². The van der Waals surface area contributed by atoms with Crippen LogP contribution in [0, 0.1) is 5.92 Å². The molecule has 0 saturated heterocycles. The largest absolute Gasteiger partial charge is 0.327 e. The van der Waals surface area contributed by atoms with E-state index in [2.05, 4.69) is 51.1 Å². The van der Waals surface area contributed by atoms with Crippen molar-refractivity contribution < 1.29 is 9.26 Å². The molecule has 0 bridgehead atoms. The van der Waals surface area contributed by atoms with Crippen molar-refractivity contribution in [2.45, 2.75) is 39.2 Å². The Labute approximate surface area is 127 Å². The van der Waals surface area contributed by atoms with Crippen LogP contribution in [0.4, 0.5) is 0 Å². The monoisotopic (exact) mass is 286 g/mol. The van der Waals surface area contributed by atoms with Crippen molar-refractivity contribution in [3.8, 4) is 0 Å². The predicted molar refractivity (Wildman–Crippen MR) is 89.0 cm³/mol. The van der Waals surface area contributed by atoms with E-state index in [1.165, 1.54) is 5.57 Å². The second kappa shape index (κ2) is 6.31. The summed E-state index contributed by atoms with van der Waals surface area (Å²) in [6.07, 6.45) is 7.39. The predicted octanol–water partition coefficient (Wildman–Crippen LogP) is 2.27. The fraction of sp³-hybridized carbons (Fsp3) is 0.471. The molecule has 0 amide bonds. The van der Waals surface area contributed by atoms with Crippen LogP contribution in [0.5, 0.6) is 0 Å². The van der Waals surface area contributed by atoms with Gasteiger partial charge < -0.3 is 5.73 Å². The lowest BCUT2D eigenvalue weighted by Crippen LogP contribution is -2.29. The van der Waals surface area contributed by atoms with Crippen LogP contribution in [0.15, 0.2) is 40.8 Å². The van der Waals surface area contributed by atoms with Gasteiger partial charge in [-0.25, -0.2) is 0 Å². The molecule has 112 valence electrons. The molecule has 0 spiro atoms. The highest BCUT2D eigenvalue weighted by Gasteiger charge is 2.35. The Hall–Kier alpha value is -1.81. The van der Waals surface area contributed by atoms with Crippen molar-refractivity contribution in [3.05, 3.63) is 35.7 Å². The summed E-state index contributed by atoms with van der Waals surface area (Å²) in [5, 5.41) is 4.45. The number of rotatable bonds is 5. The van der Waals surface area contributed by atoms with Gasteiger partial charge in [-0.3, -0.25) is 0 Å². The molecular weight excluding hydrogens is 260 g/mol. The molecule has 2 rings (SSSR count). The summed E-state index contributed by atoms with van der Waals surface area (Å²) in [5.74, 6) is 0.374. The van der Waals surface area contributed by atoms with Crippen molar-refractivity contribution in [1.82, 2.24) is 0 Å². The van der Waals surface area contributed by atoms with Gasteiger partial charge in [0.1, 0.15) is 12.4 Å². The molecule has 0 aromatic heterocycles. The number of hydrogen-bond acceptors (Lipinski definition) is 2. The third kappa shape index (κ3) is 3.27. The van der Waals surface area contributed by atoms with E-state index < -0.39 is 0 Å². The van der Waals surface area contributed by atoms with E-state index in [0.29, 0.717) is 18.5 Å². The minimum Gasteiger partial charge on any atom is -0.327 e. The van der Waals surface area contributed by atoms with Gasteiger partial charge in [0, 0.05) is 36.5 Å². The Balaban J connectivity index is 2.11. The van der Waals surface area contributed by atoms with E-state index in [1.807, 2.05) is 4.58 Å². The van der Waals surface area contributed by atoms with Gasteiger partial charge in [-0.2, -0.15) is 4.58 Å². The number of nitrogens with zero attached hydrogens (tertiary/aromatic N) is 3. The Bertz CT molecular complexity index is 576. The molecule has 1 heterocycles. The van der Waals surface area contributed by atoms with E-state index in [0.717, 1.165) is 36.4 Å². The van der Waals surface area contributed by atoms with E-state index in [4.69, 9.17) is 5.73 Å². The molecule has 2 aliphatic rings. The van der Waals surface area contributed by atoms with Crippen molar-refractivity contribution in [2.75, 3.05) is 6.54 Å². The molecule has 0 aromatic rings. The summed E-state index contributed by atoms with van der Waals surface area (Å²) in [6.45, 7) is 17.2. The minimum atomic E-state index is 0.346. The standard InChI is InChI=1S/C17H26N4/c1-12(2)16-10-17(21(5)19-16)13(3)20(4)15-8-6-7-14(9-15)11-18/h7,10,12,15H,3-6,8-9,11,18H2,1-2H3/q+2. The minimum absolute atomic E-state index is 0.346. The van der Waals surface area contributed by atoms with Gasteiger partial charge in [0.2, 0.25) is 0 Å². The summed E-state index contributed by atoms with van der Waals surface area (Å²) in [5.41, 5.74) is 9.89. The van der Waals surface area contributed by atoms with Crippen LogP contribution in [0.3, 0.4) is 0 Å². The normalized spacial score (nSPS) is 22.0. The molecule has 0 fully saturated rings. The summed E-state index contributed by atoms with van der Waals surface area (Å²) >= 11 is 0. The van der Waals surface area contributed by atoms with Gasteiger partial charge in [-0.05, 0) is 13.0 Å². The Morgan fingerprint density at radius 2 is 2.29 bits per heavy atom. The maximum Gasteiger partial charge on any atom is 0.309 e. The number of hydrogen-bond donors (Lipinski definition) is 1. The Morgan fingerprint density at radius 3 is 2.86 bits per heavy atom.